The van der Waals surface area contributed by atoms with Crippen molar-refractivity contribution in [2.45, 2.75) is 6.10 Å². The Kier molecular flexibility index (Phi) is 4.86. The van der Waals surface area contributed by atoms with Crippen molar-refractivity contribution < 1.29 is 19.4 Å². The fourth-order valence-electron chi connectivity index (χ4n) is 3.01. The third kappa shape index (κ3) is 3.29. The molecule has 8 heteroatoms. The number of aliphatic hydroxyl groups is 1. The Bertz CT molecular complexity index is 599. The van der Waals surface area contributed by atoms with Crippen LogP contribution in [0.15, 0.2) is 24.3 Å². The molecule has 1 unspecified atom stereocenters. The number of carbonyl (C=O) groups is 2. The van der Waals surface area contributed by atoms with E-state index < -0.39 is 6.61 Å². The van der Waals surface area contributed by atoms with E-state index in [0.29, 0.717) is 39.3 Å². The molecule has 8 nitrogen and oxygen atoms in total. The van der Waals surface area contributed by atoms with Gasteiger partial charge in [-0.25, -0.2) is 4.79 Å². The fourth-order valence-corrected chi connectivity index (χ4v) is 3.01. The number of cyclic esters (lactones) is 1. The Labute approximate surface area is 140 Å². The van der Waals surface area contributed by atoms with E-state index in [1.165, 1.54) is 0 Å². The lowest BCUT2D eigenvalue weighted by Gasteiger charge is -2.36. The van der Waals surface area contributed by atoms with E-state index in [1.54, 1.807) is 9.80 Å². The molecule has 2 heterocycles. The maximum absolute atomic E-state index is 11.8. The van der Waals surface area contributed by atoms with E-state index in [0.717, 1.165) is 11.4 Å². The van der Waals surface area contributed by atoms with E-state index in [2.05, 4.69) is 4.90 Å². The monoisotopic (exact) mass is 334 g/mol. The first-order chi connectivity index (χ1) is 11.6. The summed E-state index contributed by atoms with van der Waals surface area (Å²) in [5.74, 6) is -0.230. The molecule has 0 saturated carbocycles. The van der Waals surface area contributed by atoms with Crippen LogP contribution in [0.25, 0.3) is 0 Å². The van der Waals surface area contributed by atoms with Crippen LogP contribution in [0.4, 0.5) is 16.2 Å². The first-order valence-electron chi connectivity index (χ1n) is 8.04. The van der Waals surface area contributed by atoms with E-state index in [9.17, 15) is 9.59 Å². The molecule has 1 aromatic rings. The molecular formula is C16H22N4O4. The normalized spacial score (nSPS) is 21.2. The van der Waals surface area contributed by atoms with Gasteiger partial charge in [0, 0.05) is 44.1 Å². The highest BCUT2D eigenvalue weighted by atomic mass is 16.6. The van der Waals surface area contributed by atoms with Gasteiger partial charge in [0.05, 0.1) is 6.54 Å². The molecule has 2 aliphatic rings. The van der Waals surface area contributed by atoms with E-state index in [1.807, 2.05) is 24.3 Å². The van der Waals surface area contributed by atoms with Gasteiger partial charge < -0.3 is 25.4 Å². The largest absolute Gasteiger partial charge is 0.443 e. The van der Waals surface area contributed by atoms with Crippen molar-refractivity contribution in [2.24, 2.45) is 5.73 Å². The molecule has 0 bridgehead atoms. The summed E-state index contributed by atoms with van der Waals surface area (Å²) >= 11 is 0. The molecule has 0 spiro atoms. The number of hydrogen-bond acceptors (Lipinski definition) is 6. The summed E-state index contributed by atoms with van der Waals surface area (Å²) in [6.07, 6.45) is -0.622. The van der Waals surface area contributed by atoms with E-state index in [-0.39, 0.29) is 18.1 Å². The minimum Gasteiger partial charge on any atom is -0.443 e. The Morgan fingerprint density at radius 2 is 1.79 bits per heavy atom. The predicted molar refractivity (Wildman–Crippen MR) is 89.0 cm³/mol. The molecule has 1 aromatic carbocycles. The second-order valence-electron chi connectivity index (χ2n) is 5.89. The number of nitrogens with zero attached hydrogens (tertiary/aromatic N) is 3. The maximum atomic E-state index is 11.8. The van der Waals surface area contributed by atoms with Crippen LogP contribution >= 0.6 is 0 Å². The maximum Gasteiger partial charge on any atom is 0.414 e. The summed E-state index contributed by atoms with van der Waals surface area (Å²) in [5.41, 5.74) is 7.37. The average Bonchev–Trinajstić information content (AvgIpc) is 3.02. The van der Waals surface area contributed by atoms with Crippen molar-refractivity contribution in [3.63, 3.8) is 0 Å². The quantitative estimate of drug-likeness (QED) is 0.778. The van der Waals surface area contributed by atoms with Gasteiger partial charge in [-0.2, -0.15) is 0 Å². The third-order valence-electron chi connectivity index (χ3n) is 4.43. The van der Waals surface area contributed by atoms with Gasteiger partial charge in [0.1, 0.15) is 12.7 Å². The minimum atomic E-state index is -0.440. The van der Waals surface area contributed by atoms with Gasteiger partial charge >= 0.3 is 6.09 Å². The number of benzene rings is 1. The Balaban J connectivity index is 1.61. The van der Waals surface area contributed by atoms with Crippen LogP contribution in [0.5, 0.6) is 0 Å². The summed E-state index contributed by atoms with van der Waals surface area (Å²) in [5, 5.41) is 8.91. The van der Waals surface area contributed by atoms with Crippen molar-refractivity contribution in [3.05, 3.63) is 24.3 Å². The molecule has 3 N–H and O–H groups in total. The zero-order valence-electron chi connectivity index (χ0n) is 13.4. The van der Waals surface area contributed by atoms with Crippen molar-refractivity contribution in [1.82, 2.24) is 4.90 Å². The number of amides is 2. The first-order valence-corrected chi connectivity index (χ1v) is 8.04. The molecule has 2 saturated heterocycles. The highest BCUT2D eigenvalue weighted by Gasteiger charge is 2.31. The van der Waals surface area contributed by atoms with Gasteiger partial charge in [-0.05, 0) is 24.3 Å². The number of aliphatic hydroxyl groups excluding tert-OH is 1. The van der Waals surface area contributed by atoms with Crippen LogP contribution in [0.3, 0.4) is 0 Å². The van der Waals surface area contributed by atoms with Crippen LogP contribution in [0.2, 0.25) is 0 Å². The van der Waals surface area contributed by atoms with Gasteiger partial charge in [0.15, 0.2) is 0 Å². The van der Waals surface area contributed by atoms with E-state index in [4.69, 9.17) is 15.6 Å². The highest BCUT2D eigenvalue weighted by Crippen LogP contribution is 2.25. The van der Waals surface area contributed by atoms with Crippen LogP contribution < -0.4 is 15.5 Å². The number of carbonyl (C=O) groups excluding carboxylic acids is 2. The number of piperazine rings is 1. The zero-order chi connectivity index (χ0) is 17.1. The summed E-state index contributed by atoms with van der Waals surface area (Å²) in [6, 6.07) is 7.70. The zero-order valence-corrected chi connectivity index (χ0v) is 13.4. The lowest BCUT2D eigenvalue weighted by Crippen LogP contribution is -2.49. The van der Waals surface area contributed by atoms with Crippen molar-refractivity contribution >= 4 is 23.4 Å². The second-order valence-corrected chi connectivity index (χ2v) is 5.89. The smallest absolute Gasteiger partial charge is 0.414 e. The molecule has 2 aliphatic heterocycles. The van der Waals surface area contributed by atoms with Gasteiger partial charge in [0.2, 0.25) is 5.91 Å². The Morgan fingerprint density at radius 3 is 2.33 bits per heavy atom. The van der Waals surface area contributed by atoms with Crippen molar-refractivity contribution in [3.8, 4) is 0 Å². The number of ether oxygens (including phenoxy) is 1. The lowest BCUT2D eigenvalue weighted by atomic mass is 10.2. The van der Waals surface area contributed by atoms with Gasteiger partial charge in [-0.15, -0.1) is 0 Å². The number of anilines is 2. The molecule has 0 radical (unpaired) electrons. The summed E-state index contributed by atoms with van der Waals surface area (Å²) in [4.78, 5) is 28.7. The number of hydrogen-bond donors (Lipinski definition) is 2. The Hall–Kier alpha value is -2.32. The lowest BCUT2D eigenvalue weighted by molar-refractivity contribution is -0.134. The molecule has 2 amide bonds. The second kappa shape index (κ2) is 7.06. The molecule has 3 rings (SSSR count). The first kappa shape index (κ1) is 16.5. The number of nitrogens with two attached hydrogens (primary N) is 1. The van der Waals surface area contributed by atoms with Crippen LogP contribution in [0, 0.1) is 0 Å². The topological polar surface area (TPSA) is 99.3 Å². The summed E-state index contributed by atoms with van der Waals surface area (Å²) in [7, 11) is 0. The van der Waals surface area contributed by atoms with Gasteiger partial charge in [0.25, 0.3) is 0 Å². The van der Waals surface area contributed by atoms with Gasteiger partial charge in [-0.1, -0.05) is 0 Å². The average molecular weight is 334 g/mol. The third-order valence-corrected chi connectivity index (χ3v) is 4.43. The minimum absolute atomic E-state index is 0.230. The summed E-state index contributed by atoms with van der Waals surface area (Å²) < 4.78 is 5.16. The molecule has 130 valence electrons. The van der Waals surface area contributed by atoms with Gasteiger partial charge in [-0.3, -0.25) is 9.69 Å². The SMILES string of the molecule is NCC1CN(c2ccc(N3CCN(C(=O)CO)CC3)cc2)C(=O)O1. The summed E-state index contributed by atoms with van der Waals surface area (Å²) in [6.45, 7) is 2.96. The predicted octanol–water partition coefficient (Wildman–Crippen LogP) is -0.389. The van der Waals surface area contributed by atoms with Crippen molar-refractivity contribution in [1.29, 1.82) is 0 Å². The molecule has 0 aliphatic carbocycles. The Morgan fingerprint density at radius 1 is 1.17 bits per heavy atom. The molecule has 1 atom stereocenters. The standard InChI is InChI=1S/C16H22N4O4/c17-9-14-10-20(16(23)24-14)13-3-1-12(2-4-13)18-5-7-19(8-6-18)15(22)11-21/h1-4,14,21H,5-11,17H2. The fraction of sp³-hybridized carbons (Fsp3) is 0.500. The van der Waals surface area contributed by atoms with Crippen LogP contribution in [-0.2, 0) is 9.53 Å². The van der Waals surface area contributed by atoms with Crippen molar-refractivity contribution in [2.75, 3.05) is 55.7 Å². The molecule has 24 heavy (non-hydrogen) atoms. The molecule has 2 fully saturated rings. The van der Waals surface area contributed by atoms with Crippen LogP contribution in [-0.4, -0.2) is 74.0 Å². The molecule has 0 aromatic heterocycles. The molecular weight excluding hydrogens is 312 g/mol. The number of rotatable bonds is 4. The van der Waals surface area contributed by atoms with E-state index >= 15 is 0 Å². The van der Waals surface area contributed by atoms with Crippen LogP contribution in [0.1, 0.15) is 0 Å². The highest BCUT2D eigenvalue weighted by molar-refractivity contribution is 5.90.